The van der Waals surface area contributed by atoms with E-state index in [1.807, 2.05) is 84.4 Å². The van der Waals surface area contributed by atoms with Crippen LogP contribution in [0.4, 0.5) is 22.9 Å². The number of benzene rings is 4. The zero-order valence-corrected chi connectivity index (χ0v) is 22.9. The summed E-state index contributed by atoms with van der Waals surface area (Å²) in [5.41, 5.74) is 7.49. The van der Waals surface area contributed by atoms with Gasteiger partial charge in [0.05, 0.1) is 35.9 Å². The van der Waals surface area contributed by atoms with Crippen molar-refractivity contribution >= 4 is 34.6 Å². The van der Waals surface area contributed by atoms with Crippen LogP contribution in [0.1, 0.15) is 28.4 Å². The fourth-order valence-electron chi connectivity index (χ4n) is 5.59. The summed E-state index contributed by atoms with van der Waals surface area (Å²) in [5.74, 6) is 2.52. The second-order valence-electron chi connectivity index (χ2n) is 10.2. The third-order valence-electron chi connectivity index (χ3n) is 7.44. The molecule has 7 rings (SSSR count). The van der Waals surface area contributed by atoms with Crippen molar-refractivity contribution in [1.29, 1.82) is 0 Å². The molecule has 0 unspecified atom stereocenters. The molecule has 1 aromatic heterocycles. The fraction of sp³-hybridized carbons (Fsp3) is 0.121. The Labute approximate surface area is 237 Å². The van der Waals surface area contributed by atoms with Gasteiger partial charge in [0.2, 0.25) is 0 Å². The highest BCUT2D eigenvalue weighted by molar-refractivity contribution is 6.51. The zero-order valence-electron chi connectivity index (χ0n) is 22.9. The third-order valence-corrected chi connectivity index (χ3v) is 7.44. The number of rotatable bonds is 4. The number of fused-ring (bicyclic) bond motifs is 4. The molecular weight excluding hydrogens is 512 g/mol. The van der Waals surface area contributed by atoms with Crippen molar-refractivity contribution < 1.29 is 9.84 Å². The lowest BCUT2D eigenvalue weighted by atomic mass is 9.93. The van der Waals surface area contributed by atoms with Crippen molar-refractivity contribution in [3.63, 3.8) is 0 Å². The van der Waals surface area contributed by atoms with E-state index in [1.54, 1.807) is 13.2 Å². The van der Waals surface area contributed by atoms with Crippen molar-refractivity contribution in [1.82, 2.24) is 9.78 Å². The molecule has 2 N–H and O–H groups in total. The minimum Gasteiger partial charge on any atom is -0.504 e. The summed E-state index contributed by atoms with van der Waals surface area (Å²) >= 11 is 0. The number of amidine groups is 2. The van der Waals surface area contributed by atoms with E-state index in [9.17, 15) is 5.11 Å². The maximum atomic E-state index is 10.4. The SMILES string of the molecule is COc1cc([C@H]2c3c(C)nn(-c4ccccc4)c3N=C3C(Nc4cccc(C)c4)=Nc4ccccc4N32)ccc1O. The van der Waals surface area contributed by atoms with Gasteiger partial charge in [-0.2, -0.15) is 5.10 Å². The number of nitrogens with zero attached hydrogens (tertiary/aromatic N) is 5. The summed E-state index contributed by atoms with van der Waals surface area (Å²) in [6.07, 6.45) is 0. The van der Waals surface area contributed by atoms with Crippen LogP contribution in [-0.4, -0.2) is 33.7 Å². The summed E-state index contributed by atoms with van der Waals surface area (Å²) in [5, 5.41) is 19.0. The molecule has 0 saturated heterocycles. The normalized spacial score (nSPS) is 15.3. The molecule has 0 saturated carbocycles. The first-order chi connectivity index (χ1) is 20.0. The number of nitrogens with one attached hydrogen (secondary N) is 1. The van der Waals surface area contributed by atoms with Gasteiger partial charge in [-0.25, -0.2) is 14.7 Å². The number of phenolic OH excluding ortho intramolecular Hbond substituents is 1. The van der Waals surface area contributed by atoms with Crippen LogP contribution in [0.15, 0.2) is 107 Å². The number of aryl methyl sites for hydroxylation is 2. The van der Waals surface area contributed by atoms with E-state index in [0.717, 1.165) is 51.0 Å². The molecule has 0 aliphatic carbocycles. The third kappa shape index (κ3) is 4.12. The van der Waals surface area contributed by atoms with E-state index < -0.39 is 0 Å². The molecule has 41 heavy (non-hydrogen) atoms. The van der Waals surface area contributed by atoms with Crippen LogP contribution < -0.4 is 15.0 Å². The van der Waals surface area contributed by atoms with E-state index in [1.165, 1.54) is 0 Å². The zero-order chi connectivity index (χ0) is 28.1. The van der Waals surface area contributed by atoms with Crippen LogP contribution in [0, 0.1) is 13.8 Å². The number of methoxy groups -OCH3 is 1. The first kappa shape index (κ1) is 24.7. The minimum atomic E-state index is -0.324. The number of ether oxygens (including phenoxy) is 1. The smallest absolute Gasteiger partial charge is 0.179 e. The van der Waals surface area contributed by atoms with Crippen LogP contribution in [0.3, 0.4) is 0 Å². The first-order valence-corrected chi connectivity index (χ1v) is 13.4. The standard InChI is InChI=1S/C33H28N6O2/c1-20-10-9-11-23(18-20)34-31-33-36-32-29(21(2)37-39(32)24-12-5-4-6-13-24)30(22-16-17-27(40)28(19-22)41-3)38(33)26-15-8-7-14-25(26)35-31/h4-19,30,40H,1-3H3,(H,34,35)/t30-/m0/s1. The Morgan fingerprint density at radius 1 is 0.854 bits per heavy atom. The highest BCUT2D eigenvalue weighted by Crippen LogP contribution is 2.49. The molecule has 1 atom stereocenters. The highest BCUT2D eigenvalue weighted by Gasteiger charge is 2.41. The molecule has 0 spiro atoms. The molecule has 3 heterocycles. The maximum absolute atomic E-state index is 10.4. The Morgan fingerprint density at radius 3 is 2.46 bits per heavy atom. The second-order valence-corrected chi connectivity index (χ2v) is 10.2. The van der Waals surface area contributed by atoms with Gasteiger partial charge < -0.3 is 20.1 Å². The van der Waals surface area contributed by atoms with Gasteiger partial charge in [0, 0.05) is 11.3 Å². The Morgan fingerprint density at radius 2 is 1.66 bits per heavy atom. The van der Waals surface area contributed by atoms with E-state index in [0.29, 0.717) is 17.4 Å². The van der Waals surface area contributed by atoms with E-state index in [4.69, 9.17) is 19.8 Å². The summed E-state index contributed by atoms with van der Waals surface area (Å²) in [6, 6.07) is 31.4. The summed E-state index contributed by atoms with van der Waals surface area (Å²) in [4.78, 5) is 12.5. The Kier molecular flexibility index (Phi) is 5.82. The Bertz CT molecular complexity index is 1860. The van der Waals surface area contributed by atoms with Gasteiger partial charge in [0.15, 0.2) is 29.0 Å². The molecule has 0 amide bonds. The topological polar surface area (TPSA) is 87.3 Å². The van der Waals surface area contributed by atoms with E-state index in [2.05, 4.69) is 35.3 Å². The molecule has 202 valence electrons. The van der Waals surface area contributed by atoms with Crippen LogP contribution in [0.2, 0.25) is 0 Å². The van der Waals surface area contributed by atoms with Crippen molar-refractivity contribution in [3.8, 4) is 17.2 Å². The fourth-order valence-corrected chi connectivity index (χ4v) is 5.59. The van der Waals surface area contributed by atoms with Crippen LogP contribution in [-0.2, 0) is 0 Å². The lowest BCUT2D eigenvalue weighted by Gasteiger charge is -2.40. The summed E-state index contributed by atoms with van der Waals surface area (Å²) in [6.45, 7) is 4.08. The number of aromatic nitrogens is 2. The Hall–Kier alpha value is -5.37. The average molecular weight is 541 g/mol. The number of aromatic hydroxyl groups is 1. The van der Waals surface area contributed by atoms with Crippen LogP contribution in [0.25, 0.3) is 5.69 Å². The summed E-state index contributed by atoms with van der Waals surface area (Å²) < 4.78 is 7.42. The van der Waals surface area contributed by atoms with Gasteiger partial charge in [-0.3, -0.25) is 0 Å². The van der Waals surface area contributed by atoms with Crippen molar-refractivity contribution in [2.45, 2.75) is 19.9 Å². The molecule has 0 fully saturated rings. The van der Waals surface area contributed by atoms with Gasteiger partial charge in [-0.15, -0.1) is 0 Å². The van der Waals surface area contributed by atoms with Crippen LogP contribution >= 0.6 is 0 Å². The maximum Gasteiger partial charge on any atom is 0.179 e. The summed E-state index contributed by atoms with van der Waals surface area (Å²) in [7, 11) is 1.56. The average Bonchev–Trinajstić information content (AvgIpc) is 3.33. The molecule has 2 aliphatic rings. The monoisotopic (exact) mass is 540 g/mol. The molecule has 8 heteroatoms. The number of aliphatic imine (C=N–C) groups is 2. The van der Waals surface area contributed by atoms with Crippen molar-refractivity contribution in [2.24, 2.45) is 9.98 Å². The quantitative estimate of drug-likeness (QED) is 0.256. The minimum absolute atomic E-state index is 0.0836. The molecule has 8 nitrogen and oxygen atoms in total. The number of para-hydroxylation sites is 3. The van der Waals surface area contributed by atoms with E-state index >= 15 is 0 Å². The molecular formula is C33H28N6O2. The van der Waals surface area contributed by atoms with Crippen molar-refractivity contribution in [3.05, 3.63) is 119 Å². The van der Waals surface area contributed by atoms with Crippen molar-refractivity contribution in [2.75, 3.05) is 17.3 Å². The first-order valence-electron chi connectivity index (χ1n) is 13.4. The number of hydrogen-bond donors (Lipinski definition) is 2. The number of anilines is 2. The molecule has 2 aliphatic heterocycles. The van der Waals surface area contributed by atoms with Gasteiger partial charge >= 0.3 is 0 Å². The number of hydrogen-bond acceptors (Lipinski definition) is 7. The molecule has 5 aromatic rings. The lowest BCUT2D eigenvalue weighted by molar-refractivity contribution is 0.372. The van der Waals surface area contributed by atoms with E-state index in [-0.39, 0.29) is 11.8 Å². The molecule has 4 aromatic carbocycles. The largest absolute Gasteiger partial charge is 0.504 e. The van der Waals surface area contributed by atoms with Gasteiger partial charge in [-0.05, 0) is 73.5 Å². The molecule has 0 bridgehead atoms. The predicted octanol–water partition coefficient (Wildman–Crippen LogP) is 7.00. The highest BCUT2D eigenvalue weighted by atomic mass is 16.5. The Balaban J connectivity index is 1.51. The van der Waals surface area contributed by atoms with Gasteiger partial charge in [-0.1, -0.05) is 48.5 Å². The van der Waals surface area contributed by atoms with Gasteiger partial charge in [0.1, 0.15) is 0 Å². The second kappa shape index (κ2) is 9.67. The molecule has 0 radical (unpaired) electrons. The van der Waals surface area contributed by atoms with Gasteiger partial charge in [0.25, 0.3) is 0 Å². The predicted molar refractivity (Wildman–Crippen MR) is 163 cm³/mol. The van der Waals surface area contributed by atoms with Crippen LogP contribution in [0.5, 0.6) is 11.5 Å². The number of phenols is 1. The lowest BCUT2D eigenvalue weighted by Crippen LogP contribution is -2.46.